The van der Waals surface area contributed by atoms with Crippen LogP contribution in [0.15, 0.2) is 41.8 Å². The number of amidine groups is 1. The molecule has 1 N–H and O–H groups in total. The molecule has 0 bridgehead atoms. The summed E-state index contributed by atoms with van der Waals surface area (Å²) >= 11 is 6.17. The first-order chi connectivity index (χ1) is 11.0. The van der Waals surface area contributed by atoms with Gasteiger partial charge >= 0.3 is 0 Å². The van der Waals surface area contributed by atoms with E-state index in [4.69, 9.17) is 11.6 Å². The van der Waals surface area contributed by atoms with Crippen LogP contribution in [-0.4, -0.2) is 28.5 Å². The molecule has 1 aliphatic heterocycles. The minimum Gasteiger partial charge on any atom is -0.308 e. The van der Waals surface area contributed by atoms with Crippen LogP contribution in [0, 0.1) is 12.8 Å². The molecule has 0 radical (unpaired) electrons. The number of aryl methyl sites for hydroxylation is 1. The van der Waals surface area contributed by atoms with Crippen LogP contribution in [0.5, 0.6) is 0 Å². The molecule has 0 aliphatic carbocycles. The molecule has 6 nitrogen and oxygen atoms in total. The van der Waals surface area contributed by atoms with Crippen molar-refractivity contribution in [2.75, 3.05) is 11.6 Å². The summed E-state index contributed by atoms with van der Waals surface area (Å²) in [4.78, 5) is 12.2. The standard InChI is InChI=1S/C16H16ClN5O/c1-10-3-4-13(7-14(10)17)22-9-11(2)15(21-22)20-16(23)12-5-6-18-19-8-12/h3-8,11H,9H2,1-2H3,(H,20,21,23)/t11-/m0/s1. The van der Waals surface area contributed by atoms with E-state index in [1.807, 2.05) is 37.1 Å². The number of aromatic nitrogens is 2. The molecule has 1 aromatic heterocycles. The largest absolute Gasteiger partial charge is 0.308 e. The molecule has 3 rings (SSSR count). The van der Waals surface area contributed by atoms with Crippen molar-refractivity contribution < 1.29 is 4.79 Å². The van der Waals surface area contributed by atoms with Gasteiger partial charge in [-0.1, -0.05) is 24.6 Å². The number of amides is 1. The quantitative estimate of drug-likeness (QED) is 0.919. The molecule has 0 saturated heterocycles. The van der Waals surface area contributed by atoms with Crippen LogP contribution in [0.4, 0.5) is 5.69 Å². The second-order valence-corrected chi connectivity index (χ2v) is 5.89. The van der Waals surface area contributed by atoms with Crippen molar-refractivity contribution in [1.29, 1.82) is 0 Å². The van der Waals surface area contributed by atoms with Crippen LogP contribution >= 0.6 is 11.6 Å². The number of carbonyl (C=O) groups excluding carboxylic acids is 1. The lowest BCUT2D eigenvalue weighted by atomic mass is 10.1. The van der Waals surface area contributed by atoms with E-state index in [1.165, 1.54) is 12.4 Å². The first-order valence-corrected chi connectivity index (χ1v) is 7.62. The lowest BCUT2D eigenvalue weighted by Crippen LogP contribution is -2.33. The molecule has 0 fully saturated rings. The molecule has 118 valence electrons. The summed E-state index contributed by atoms with van der Waals surface area (Å²) in [5.41, 5.74) is 2.37. The van der Waals surface area contributed by atoms with Crippen LogP contribution in [0.1, 0.15) is 22.8 Å². The van der Waals surface area contributed by atoms with E-state index in [2.05, 4.69) is 20.6 Å². The van der Waals surface area contributed by atoms with Crippen LogP contribution in [0.25, 0.3) is 0 Å². The zero-order valence-electron chi connectivity index (χ0n) is 12.8. The van der Waals surface area contributed by atoms with E-state index in [0.29, 0.717) is 23.0 Å². The Balaban J connectivity index is 1.77. The summed E-state index contributed by atoms with van der Waals surface area (Å²) in [6.45, 7) is 4.65. The van der Waals surface area contributed by atoms with Gasteiger partial charge in [-0.3, -0.25) is 9.80 Å². The van der Waals surface area contributed by atoms with Crippen LogP contribution in [0.3, 0.4) is 0 Å². The Labute approximate surface area is 139 Å². The third kappa shape index (κ3) is 3.32. The summed E-state index contributed by atoms with van der Waals surface area (Å²) < 4.78 is 0. The molecule has 1 amide bonds. The van der Waals surface area contributed by atoms with Gasteiger partial charge in [0.05, 0.1) is 30.2 Å². The summed E-state index contributed by atoms with van der Waals surface area (Å²) in [5.74, 6) is 0.492. The highest BCUT2D eigenvalue weighted by molar-refractivity contribution is 6.31. The fraction of sp³-hybridized carbons (Fsp3) is 0.250. The zero-order chi connectivity index (χ0) is 16.4. The second kappa shape index (κ2) is 6.34. The maximum Gasteiger partial charge on any atom is 0.258 e. The van der Waals surface area contributed by atoms with E-state index >= 15 is 0 Å². The lowest BCUT2D eigenvalue weighted by molar-refractivity contribution is 0.0975. The van der Waals surface area contributed by atoms with Gasteiger partial charge in [0, 0.05) is 10.9 Å². The van der Waals surface area contributed by atoms with Gasteiger partial charge in [-0.25, -0.2) is 0 Å². The highest BCUT2D eigenvalue weighted by Crippen LogP contribution is 2.26. The number of carbonyl (C=O) groups is 1. The molecule has 23 heavy (non-hydrogen) atoms. The van der Waals surface area contributed by atoms with Gasteiger partial charge in [0.1, 0.15) is 5.84 Å². The molecule has 2 heterocycles. The first kappa shape index (κ1) is 15.4. The number of hydrazone groups is 1. The molecule has 7 heteroatoms. The molecule has 1 atom stereocenters. The van der Waals surface area contributed by atoms with Crippen LogP contribution in [-0.2, 0) is 0 Å². The van der Waals surface area contributed by atoms with Gasteiger partial charge in [-0.15, -0.1) is 0 Å². The highest BCUT2D eigenvalue weighted by atomic mass is 35.5. The summed E-state index contributed by atoms with van der Waals surface area (Å²) in [6, 6.07) is 7.41. The number of hydrogen-bond donors (Lipinski definition) is 1. The Morgan fingerprint density at radius 1 is 1.35 bits per heavy atom. The Morgan fingerprint density at radius 3 is 2.87 bits per heavy atom. The maximum absolute atomic E-state index is 12.2. The monoisotopic (exact) mass is 329 g/mol. The third-order valence-electron chi connectivity index (χ3n) is 3.68. The Kier molecular flexibility index (Phi) is 4.25. The van der Waals surface area contributed by atoms with Crippen molar-refractivity contribution in [3.8, 4) is 0 Å². The number of rotatable bonds is 2. The highest BCUT2D eigenvalue weighted by Gasteiger charge is 2.25. The minimum atomic E-state index is -0.241. The van der Waals surface area contributed by atoms with Crippen molar-refractivity contribution >= 4 is 29.0 Å². The summed E-state index contributed by atoms with van der Waals surface area (Å²) in [6.07, 6.45) is 2.91. The molecule has 1 aromatic carbocycles. The topological polar surface area (TPSA) is 70.5 Å². The van der Waals surface area contributed by atoms with Crippen LogP contribution < -0.4 is 10.3 Å². The van der Waals surface area contributed by atoms with E-state index < -0.39 is 0 Å². The molecule has 0 unspecified atom stereocenters. The molecule has 1 aliphatic rings. The van der Waals surface area contributed by atoms with Gasteiger partial charge in [0.25, 0.3) is 5.91 Å². The van der Waals surface area contributed by atoms with Crippen molar-refractivity contribution in [3.63, 3.8) is 0 Å². The normalized spacial score (nSPS) is 17.1. The smallest absolute Gasteiger partial charge is 0.258 e. The molecule has 0 spiro atoms. The molecule has 2 aromatic rings. The summed E-state index contributed by atoms with van der Waals surface area (Å²) in [5, 5.41) is 17.2. The van der Waals surface area contributed by atoms with Crippen molar-refractivity contribution in [3.05, 3.63) is 52.8 Å². The van der Waals surface area contributed by atoms with Crippen molar-refractivity contribution in [1.82, 2.24) is 15.5 Å². The SMILES string of the molecule is Cc1ccc(N2C[C@H](C)C(NC(=O)c3ccnnc3)=N2)cc1Cl. The average molecular weight is 330 g/mol. The number of nitrogens with zero attached hydrogens (tertiary/aromatic N) is 4. The number of benzene rings is 1. The number of nitrogens with one attached hydrogen (secondary N) is 1. The predicted molar refractivity (Wildman–Crippen MR) is 89.6 cm³/mol. The minimum absolute atomic E-state index is 0.105. The molecular weight excluding hydrogens is 314 g/mol. The van der Waals surface area contributed by atoms with E-state index in [9.17, 15) is 4.79 Å². The molecule has 0 saturated carbocycles. The van der Waals surface area contributed by atoms with Gasteiger partial charge in [0.2, 0.25) is 0 Å². The average Bonchev–Trinajstić information content (AvgIpc) is 2.92. The molecular formula is C16H16ClN5O. The summed E-state index contributed by atoms with van der Waals surface area (Å²) in [7, 11) is 0. The Hall–Kier alpha value is -2.47. The van der Waals surface area contributed by atoms with E-state index in [-0.39, 0.29) is 11.8 Å². The Bertz CT molecular complexity index is 762. The van der Waals surface area contributed by atoms with Crippen molar-refractivity contribution in [2.24, 2.45) is 11.0 Å². The second-order valence-electron chi connectivity index (χ2n) is 5.49. The van der Waals surface area contributed by atoms with Gasteiger partial charge in [0.15, 0.2) is 0 Å². The predicted octanol–water partition coefficient (Wildman–Crippen LogP) is 2.64. The first-order valence-electron chi connectivity index (χ1n) is 7.25. The lowest BCUT2D eigenvalue weighted by Gasteiger charge is -2.15. The van der Waals surface area contributed by atoms with E-state index in [1.54, 1.807) is 6.07 Å². The maximum atomic E-state index is 12.2. The fourth-order valence-corrected chi connectivity index (χ4v) is 2.46. The van der Waals surface area contributed by atoms with Gasteiger partial charge in [-0.2, -0.15) is 15.3 Å². The van der Waals surface area contributed by atoms with Gasteiger partial charge < -0.3 is 5.32 Å². The van der Waals surface area contributed by atoms with Gasteiger partial charge in [-0.05, 0) is 30.7 Å². The van der Waals surface area contributed by atoms with Crippen LogP contribution in [0.2, 0.25) is 5.02 Å². The third-order valence-corrected chi connectivity index (χ3v) is 4.09. The number of halogens is 1. The van der Waals surface area contributed by atoms with Crippen molar-refractivity contribution in [2.45, 2.75) is 13.8 Å². The Morgan fingerprint density at radius 2 is 2.17 bits per heavy atom. The van der Waals surface area contributed by atoms with E-state index in [0.717, 1.165) is 11.3 Å². The fourth-order valence-electron chi connectivity index (χ4n) is 2.28. The number of hydrogen-bond acceptors (Lipinski definition) is 5. The zero-order valence-corrected chi connectivity index (χ0v) is 13.6. The number of anilines is 1.